The van der Waals surface area contributed by atoms with Crippen LogP contribution >= 0.6 is 0 Å². The van der Waals surface area contributed by atoms with Crippen LogP contribution in [0.2, 0.25) is 0 Å². The van der Waals surface area contributed by atoms with Crippen molar-refractivity contribution in [2.24, 2.45) is 23.5 Å². The molecule has 0 radical (unpaired) electrons. The maximum Gasteiger partial charge on any atom is 0.128 e. The number of nitrogens with zero attached hydrogens (tertiary/aromatic N) is 1. The van der Waals surface area contributed by atoms with Crippen molar-refractivity contribution in [1.82, 2.24) is 4.98 Å². The molecule has 0 aliphatic heterocycles. The monoisotopic (exact) mass is 260 g/mol. The van der Waals surface area contributed by atoms with Crippen LogP contribution in [0.1, 0.15) is 36.1 Å². The molecule has 0 saturated heterocycles. The summed E-state index contributed by atoms with van der Waals surface area (Å²) in [6.07, 6.45) is 7.00. The van der Waals surface area contributed by atoms with Crippen molar-refractivity contribution in [3.05, 3.63) is 23.0 Å². The molecule has 2 saturated carbocycles. The molecule has 1 aromatic heterocycles. The van der Waals surface area contributed by atoms with Gasteiger partial charge in [-0.15, -0.1) is 0 Å². The summed E-state index contributed by atoms with van der Waals surface area (Å²) < 4.78 is 5.47. The van der Waals surface area contributed by atoms with Gasteiger partial charge < -0.3 is 10.5 Å². The van der Waals surface area contributed by atoms with Crippen LogP contribution in [0.25, 0.3) is 0 Å². The van der Waals surface area contributed by atoms with Gasteiger partial charge in [-0.25, -0.2) is 0 Å². The first-order chi connectivity index (χ1) is 9.13. The fourth-order valence-electron chi connectivity index (χ4n) is 4.15. The minimum absolute atomic E-state index is 0.272. The fourth-order valence-corrected chi connectivity index (χ4v) is 4.15. The Morgan fingerprint density at radius 2 is 2.05 bits per heavy atom. The van der Waals surface area contributed by atoms with Crippen LogP contribution < -0.4 is 10.5 Å². The first-order valence-electron chi connectivity index (χ1n) is 7.38. The summed E-state index contributed by atoms with van der Waals surface area (Å²) >= 11 is 0. The first-order valence-corrected chi connectivity index (χ1v) is 7.38. The largest absolute Gasteiger partial charge is 0.496 e. The van der Waals surface area contributed by atoms with Crippen molar-refractivity contribution in [3.63, 3.8) is 0 Å². The van der Waals surface area contributed by atoms with E-state index in [1.165, 1.54) is 19.3 Å². The number of pyridine rings is 1. The van der Waals surface area contributed by atoms with Crippen LogP contribution in [-0.4, -0.2) is 18.1 Å². The van der Waals surface area contributed by atoms with Gasteiger partial charge in [0.1, 0.15) is 5.75 Å². The van der Waals surface area contributed by atoms with E-state index >= 15 is 0 Å². The molecule has 3 atom stereocenters. The van der Waals surface area contributed by atoms with Crippen molar-refractivity contribution in [2.75, 3.05) is 7.11 Å². The van der Waals surface area contributed by atoms with Crippen molar-refractivity contribution < 1.29 is 4.74 Å². The lowest BCUT2D eigenvalue weighted by Gasteiger charge is -2.17. The molecule has 2 aliphatic carbocycles. The predicted molar refractivity (Wildman–Crippen MR) is 76.3 cm³/mol. The second kappa shape index (κ2) is 4.78. The summed E-state index contributed by atoms with van der Waals surface area (Å²) in [5.74, 6) is 3.56. The zero-order valence-corrected chi connectivity index (χ0v) is 12.1. The van der Waals surface area contributed by atoms with E-state index < -0.39 is 0 Å². The number of fused-ring (bicyclic) bond motifs is 1. The summed E-state index contributed by atoms with van der Waals surface area (Å²) in [5, 5.41) is 0. The van der Waals surface area contributed by atoms with Crippen molar-refractivity contribution in [3.8, 4) is 5.75 Å². The van der Waals surface area contributed by atoms with E-state index in [-0.39, 0.29) is 6.04 Å². The Hall–Kier alpha value is -1.09. The van der Waals surface area contributed by atoms with Gasteiger partial charge in [-0.05, 0) is 44.4 Å². The topological polar surface area (TPSA) is 48.1 Å². The summed E-state index contributed by atoms with van der Waals surface area (Å²) in [5.41, 5.74) is 9.78. The fraction of sp³-hybridized carbons (Fsp3) is 0.688. The standard InChI is InChI=1S/C16H24N2O/c1-9-8-18-14(10(2)16(9)19-3)7-13(17)15-11-5-4-6-12(11)15/h8,11-13,15H,4-7,17H2,1-3H3. The average molecular weight is 260 g/mol. The Balaban J connectivity index is 1.73. The summed E-state index contributed by atoms with van der Waals surface area (Å²) in [6.45, 7) is 4.13. The number of ether oxygens (including phenoxy) is 1. The molecule has 2 fully saturated rings. The summed E-state index contributed by atoms with van der Waals surface area (Å²) in [6, 6.07) is 0.272. The van der Waals surface area contributed by atoms with E-state index in [9.17, 15) is 0 Å². The van der Waals surface area contributed by atoms with Gasteiger partial charge in [-0.3, -0.25) is 4.98 Å². The predicted octanol–water partition coefficient (Wildman–Crippen LogP) is 2.62. The number of aryl methyl sites for hydroxylation is 1. The Morgan fingerprint density at radius 3 is 2.68 bits per heavy atom. The number of hydrogen-bond acceptors (Lipinski definition) is 3. The van der Waals surface area contributed by atoms with Gasteiger partial charge in [0, 0.05) is 35.5 Å². The highest BCUT2D eigenvalue weighted by atomic mass is 16.5. The molecule has 2 aliphatic rings. The summed E-state index contributed by atoms with van der Waals surface area (Å²) in [4.78, 5) is 4.57. The van der Waals surface area contributed by atoms with Gasteiger partial charge in [0.2, 0.25) is 0 Å². The molecular weight excluding hydrogens is 236 g/mol. The maximum atomic E-state index is 6.42. The minimum Gasteiger partial charge on any atom is -0.496 e. The number of aromatic nitrogens is 1. The van der Waals surface area contributed by atoms with Gasteiger partial charge in [-0.1, -0.05) is 6.42 Å². The van der Waals surface area contributed by atoms with Crippen LogP contribution in [0.5, 0.6) is 5.75 Å². The molecule has 0 bridgehead atoms. The van der Waals surface area contributed by atoms with Gasteiger partial charge in [0.05, 0.1) is 7.11 Å². The molecule has 1 heterocycles. The second-order valence-corrected chi connectivity index (χ2v) is 6.25. The normalized spacial score (nSPS) is 30.0. The molecule has 2 N–H and O–H groups in total. The highest BCUT2D eigenvalue weighted by Crippen LogP contribution is 2.58. The van der Waals surface area contributed by atoms with Crippen molar-refractivity contribution >= 4 is 0 Å². The second-order valence-electron chi connectivity index (χ2n) is 6.25. The zero-order valence-electron chi connectivity index (χ0n) is 12.1. The van der Waals surface area contributed by atoms with Crippen LogP contribution in [0.3, 0.4) is 0 Å². The van der Waals surface area contributed by atoms with Crippen LogP contribution in [0, 0.1) is 31.6 Å². The SMILES string of the molecule is COc1c(C)cnc(CC(N)C2C3CCCC32)c1C. The lowest BCUT2D eigenvalue weighted by atomic mass is 9.98. The van der Waals surface area contributed by atoms with E-state index in [1.54, 1.807) is 7.11 Å². The number of nitrogens with two attached hydrogens (primary N) is 1. The number of methoxy groups -OCH3 is 1. The molecule has 1 aromatic rings. The quantitative estimate of drug-likeness (QED) is 0.905. The van der Waals surface area contributed by atoms with Gasteiger partial charge in [0.25, 0.3) is 0 Å². The third-order valence-corrected chi connectivity index (χ3v) is 5.15. The van der Waals surface area contributed by atoms with Gasteiger partial charge >= 0.3 is 0 Å². The third kappa shape index (κ3) is 2.14. The number of hydrogen-bond donors (Lipinski definition) is 1. The first kappa shape index (κ1) is 12.9. The van der Waals surface area contributed by atoms with E-state index in [4.69, 9.17) is 10.5 Å². The Kier molecular flexibility index (Phi) is 3.25. The molecule has 19 heavy (non-hydrogen) atoms. The van der Waals surface area contributed by atoms with Crippen LogP contribution in [0.4, 0.5) is 0 Å². The lowest BCUT2D eigenvalue weighted by molar-refractivity contribution is 0.405. The molecule has 3 unspecified atom stereocenters. The molecule has 0 aromatic carbocycles. The van der Waals surface area contributed by atoms with E-state index in [0.717, 1.165) is 46.7 Å². The third-order valence-electron chi connectivity index (χ3n) is 5.15. The highest BCUT2D eigenvalue weighted by molar-refractivity contribution is 5.41. The van der Waals surface area contributed by atoms with Crippen LogP contribution in [0.15, 0.2) is 6.20 Å². The highest BCUT2D eigenvalue weighted by Gasteiger charge is 2.54. The van der Waals surface area contributed by atoms with E-state index in [1.807, 2.05) is 13.1 Å². The van der Waals surface area contributed by atoms with Crippen LogP contribution in [-0.2, 0) is 6.42 Å². The van der Waals surface area contributed by atoms with E-state index in [0.29, 0.717) is 0 Å². The molecule has 0 spiro atoms. The van der Waals surface area contributed by atoms with E-state index in [2.05, 4.69) is 11.9 Å². The molecule has 3 heteroatoms. The Bertz CT molecular complexity index is 476. The Labute approximate surface area is 115 Å². The summed E-state index contributed by atoms with van der Waals surface area (Å²) in [7, 11) is 1.73. The van der Waals surface area contributed by atoms with Crippen molar-refractivity contribution in [2.45, 2.75) is 45.6 Å². The lowest BCUT2D eigenvalue weighted by Crippen LogP contribution is -2.28. The van der Waals surface area contributed by atoms with Gasteiger partial charge in [0.15, 0.2) is 0 Å². The zero-order chi connectivity index (χ0) is 13.6. The average Bonchev–Trinajstić information content (AvgIpc) is 2.87. The maximum absolute atomic E-state index is 6.42. The molecule has 3 nitrogen and oxygen atoms in total. The number of rotatable bonds is 4. The smallest absolute Gasteiger partial charge is 0.128 e. The molecule has 3 rings (SSSR count). The molecule has 104 valence electrons. The van der Waals surface area contributed by atoms with Gasteiger partial charge in [-0.2, -0.15) is 0 Å². The molecule has 0 amide bonds. The Morgan fingerprint density at radius 1 is 1.37 bits per heavy atom. The van der Waals surface area contributed by atoms with Crippen molar-refractivity contribution in [1.29, 1.82) is 0 Å². The molecular formula is C16H24N2O. The minimum atomic E-state index is 0.272.